The third kappa shape index (κ3) is 2.62. The van der Waals surface area contributed by atoms with Gasteiger partial charge in [-0.25, -0.2) is 0 Å². The number of nitrogen functional groups attached to an aromatic ring is 1. The molecule has 0 saturated carbocycles. The molecule has 5 heteroatoms. The summed E-state index contributed by atoms with van der Waals surface area (Å²) in [5, 5.41) is 5.38. The van der Waals surface area contributed by atoms with Crippen LogP contribution in [0.3, 0.4) is 0 Å². The van der Waals surface area contributed by atoms with Crippen LogP contribution in [-0.4, -0.2) is 37.5 Å². The number of fused-ring (bicyclic) bond motifs is 1. The fourth-order valence-corrected chi connectivity index (χ4v) is 2.23. The van der Waals surface area contributed by atoms with Gasteiger partial charge in [-0.2, -0.15) is 0 Å². The van der Waals surface area contributed by atoms with E-state index >= 15 is 0 Å². The molecular formula is C14H17N3O2. The first-order valence-corrected chi connectivity index (χ1v) is 6.40. The fraction of sp³-hybridized carbons (Fsp3) is 0.357. The number of rotatable bonds is 3. The Bertz CT molecular complexity index is 568. The van der Waals surface area contributed by atoms with Crippen LogP contribution in [0.25, 0.3) is 10.8 Å². The largest absolute Gasteiger partial charge is 0.397 e. The molecule has 1 aliphatic heterocycles. The van der Waals surface area contributed by atoms with E-state index in [9.17, 15) is 0 Å². The zero-order valence-electron chi connectivity index (χ0n) is 10.6. The van der Waals surface area contributed by atoms with Crippen molar-refractivity contribution in [1.29, 1.82) is 0 Å². The lowest BCUT2D eigenvalue weighted by Gasteiger charge is -2.24. The number of nitrogens with one attached hydrogen (secondary N) is 1. The molecular weight excluding hydrogens is 242 g/mol. The topological polar surface area (TPSA) is 69.4 Å². The molecule has 1 aliphatic rings. The van der Waals surface area contributed by atoms with E-state index in [0.717, 1.165) is 22.1 Å². The zero-order chi connectivity index (χ0) is 13.1. The molecule has 19 heavy (non-hydrogen) atoms. The molecule has 0 aliphatic carbocycles. The summed E-state index contributed by atoms with van der Waals surface area (Å²) in [6, 6.07) is 5.92. The molecule has 1 aromatic heterocycles. The third-order valence-electron chi connectivity index (χ3n) is 3.27. The summed E-state index contributed by atoms with van der Waals surface area (Å²) in [7, 11) is 0. The summed E-state index contributed by atoms with van der Waals surface area (Å²) in [5.41, 5.74) is 7.84. The van der Waals surface area contributed by atoms with Crippen molar-refractivity contribution in [1.82, 2.24) is 4.98 Å². The number of hydrogen-bond donors (Lipinski definition) is 2. The smallest absolute Gasteiger partial charge is 0.0981 e. The summed E-state index contributed by atoms with van der Waals surface area (Å²) in [4.78, 5) is 4.09. The van der Waals surface area contributed by atoms with Crippen molar-refractivity contribution in [2.24, 2.45) is 0 Å². The number of hydrogen-bond acceptors (Lipinski definition) is 5. The number of nitrogens with zero attached hydrogens (tertiary/aromatic N) is 1. The Morgan fingerprint density at radius 1 is 1.32 bits per heavy atom. The van der Waals surface area contributed by atoms with Crippen LogP contribution >= 0.6 is 0 Å². The van der Waals surface area contributed by atoms with Crippen LogP contribution in [-0.2, 0) is 9.47 Å². The minimum Gasteiger partial charge on any atom is -0.397 e. The SMILES string of the molecule is Nc1c(NCC2COCCO2)ccc2cnccc12. The molecule has 0 bridgehead atoms. The molecule has 3 N–H and O–H groups in total. The van der Waals surface area contributed by atoms with Crippen LogP contribution < -0.4 is 11.1 Å². The van der Waals surface area contributed by atoms with Crippen LogP contribution in [0.5, 0.6) is 0 Å². The molecule has 0 spiro atoms. The molecule has 1 fully saturated rings. The summed E-state index contributed by atoms with van der Waals surface area (Å²) in [6.45, 7) is 2.66. The maximum absolute atomic E-state index is 6.17. The predicted octanol–water partition coefficient (Wildman–Crippen LogP) is 1.64. The maximum atomic E-state index is 6.17. The first-order valence-electron chi connectivity index (χ1n) is 6.40. The molecule has 1 unspecified atom stereocenters. The van der Waals surface area contributed by atoms with E-state index in [1.54, 1.807) is 6.20 Å². The van der Waals surface area contributed by atoms with Crippen molar-refractivity contribution in [2.45, 2.75) is 6.10 Å². The average Bonchev–Trinajstić information content (AvgIpc) is 2.48. The Morgan fingerprint density at radius 3 is 3.11 bits per heavy atom. The van der Waals surface area contributed by atoms with Gasteiger partial charge in [-0.15, -0.1) is 0 Å². The molecule has 1 saturated heterocycles. The highest BCUT2D eigenvalue weighted by Gasteiger charge is 2.14. The molecule has 1 atom stereocenters. The highest BCUT2D eigenvalue weighted by molar-refractivity contribution is 5.98. The van der Waals surface area contributed by atoms with Crippen LogP contribution in [0.4, 0.5) is 11.4 Å². The highest BCUT2D eigenvalue weighted by atomic mass is 16.6. The van der Waals surface area contributed by atoms with Gasteiger partial charge >= 0.3 is 0 Å². The normalized spacial score (nSPS) is 19.5. The van der Waals surface area contributed by atoms with Crippen molar-refractivity contribution in [2.75, 3.05) is 37.4 Å². The van der Waals surface area contributed by atoms with E-state index in [0.29, 0.717) is 26.4 Å². The van der Waals surface area contributed by atoms with Crippen molar-refractivity contribution in [3.8, 4) is 0 Å². The zero-order valence-corrected chi connectivity index (χ0v) is 10.6. The number of anilines is 2. The van der Waals surface area contributed by atoms with Gasteiger partial charge in [0.2, 0.25) is 0 Å². The van der Waals surface area contributed by atoms with Gasteiger partial charge in [0, 0.05) is 29.7 Å². The van der Waals surface area contributed by atoms with Crippen LogP contribution in [0.1, 0.15) is 0 Å². The summed E-state index contributed by atoms with van der Waals surface area (Å²) < 4.78 is 11.0. The molecule has 2 heterocycles. The average molecular weight is 259 g/mol. The number of pyridine rings is 1. The Labute approximate surface area is 111 Å². The van der Waals surface area contributed by atoms with Crippen LogP contribution in [0.15, 0.2) is 30.6 Å². The number of aromatic nitrogens is 1. The van der Waals surface area contributed by atoms with Gasteiger partial charge in [0.1, 0.15) is 0 Å². The summed E-state index contributed by atoms with van der Waals surface area (Å²) >= 11 is 0. The molecule has 0 radical (unpaired) electrons. The summed E-state index contributed by atoms with van der Waals surface area (Å²) in [6.07, 6.45) is 3.65. The quantitative estimate of drug-likeness (QED) is 0.820. The Morgan fingerprint density at radius 2 is 2.26 bits per heavy atom. The summed E-state index contributed by atoms with van der Waals surface area (Å²) in [5.74, 6) is 0. The lowest BCUT2D eigenvalue weighted by atomic mass is 10.1. The van der Waals surface area contributed by atoms with E-state index < -0.39 is 0 Å². The van der Waals surface area contributed by atoms with Crippen LogP contribution in [0, 0.1) is 0 Å². The van der Waals surface area contributed by atoms with Gasteiger partial charge < -0.3 is 20.5 Å². The molecule has 0 amide bonds. The van der Waals surface area contributed by atoms with Gasteiger partial charge in [-0.1, -0.05) is 6.07 Å². The van der Waals surface area contributed by atoms with Crippen LogP contribution in [0.2, 0.25) is 0 Å². The van der Waals surface area contributed by atoms with Gasteiger partial charge in [0.05, 0.1) is 37.3 Å². The van der Waals surface area contributed by atoms with Gasteiger partial charge in [-0.3, -0.25) is 4.98 Å². The van der Waals surface area contributed by atoms with E-state index in [1.807, 2.05) is 24.4 Å². The lowest BCUT2D eigenvalue weighted by Crippen LogP contribution is -2.34. The Balaban J connectivity index is 1.75. The second-order valence-corrected chi connectivity index (χ2v) is 4.57. The maximum Gasteiger partial charge on any atom is 0.0981 e. The first-order chi connectivity index (χ1) is 9.34. The fourth-order valence-electron chi connectivity index (χ4n) is 2.23. The van der Waals surface area contributed by atoms with Gasteiger partial charge in [0.15, 0.2) is 0 Å². The van der Waals surface area contributed by atoms with Gasteiger partial charge in [0.25, 0.3) is 0 Å². The third-order valence-corrected chi connectivity index (χ3v) is 3.27. The monoisotopic (exact) mass is 259 g/mol. The highest BCUT2D eigenvalue weighted by Crippen LogP contribution is 2.27. The molecule has 100 valence electrons. The minimum absolute atomic E-state index is 0.0845. The second-order valence-electron chi connectivity index (χ2n) is 4.57. The van der Waals surface area contributed by atoms with Crippen molar-refractivity contribution in [3.05, 3.63) is 30.6 Å². The molecule has 3 rings (SSSR count). The standard InChI is InChI=1S/C14H17N3O2/c15-14-12-3-4-16-7-10(12)1-2-13(14)17-8-11-9-18-5-6-19-11/h1-4,7,11,17H,5-6,8-9,15H2. The number of ether oxygens (including phenoxy) is 2. The molecule has 1 aromatic carbocycles. The van der Waals surface area contributed by atoms with Crippen molar-refractivity contribution < 1.29 is 9.47 Å². The Hall–Kier alpha value is -1.85. The van der Waals surface area contributed by atoms with Gasteiger partial charge in [-0.05, 0) is 12.1 Å². The number of nitrogens with two attached hydrogens (primary N) is 1. The first kappa shape index (κ1) is 12.2. The van der Waals surface area contributed by atoms with E-state index in [-0.39, 0.29) is 6.10 Å². The minimum atomic E-state index is 0.0845. The lowest BCUT2D eigenvalue weighted by molar-refractivity contribution is -0.0818. The van der Waals surface area contributed by atoms with Crippen molar-refractivity contribution in [3.63, 3.8) is 0 Å². The number of benzene rings is 1. The van der Waals surface area contributed by atoms with Crippen molar-refractivity contribution >= 4 is 22.1 Å². The van der Waals surface area contributed by atoms with E-state index in [2.05, 4.69) is 10.3 Å². The van der Waals surface area contributed by atoms with E-state index in [1.165, 1.54) is 0 Å². The molecule has 2 aromatic rings. The molecule has 5 nitrogen and oxygen atoms in total. The Kier molecular flexibility index (Phi) is 3.48. The predicted molar refractivity (Wildman–Crippen MR) is 75.2 cm³/mol. The second kappa shape index (κ2) is 5.42. The van der Waals surface area contributed by atoms with E-state index in [4.69, 9.17) is 15.2 Å².